The normalized spacial score (nSPS) is 17.4. The van der Waals surface area contributed by atoms with Crippen LogP contribution in [0.4, 0.5) is 10.7 Å². The zero-order valence-electron chi connectivity index (χ0n) is 14.9. The molecule has 3 rings (SSSR count). The second-order valence-electron chi connectivity index (χ2n) is 6.44. The number of carbonyl (C=O) groups is 1. The van der Waals surface area contributed by atoms with Crippen molar-refractivity contribution in [2.75, 3.05) is 25.0 Å². The lowest BCUT2D eigenvalue weighted by atomic mass is 10.1. The molecule has 2 aromatic rings. The van der Waals surface area contributed by atoms with Crippen LogP contribution in [-0.2, 0) is 6.54 Å². The number of carbonyl (C=O) groups excluding carboxylic acids is 1. The van der Waals surface area contributed by atoms with E-state index in [-0.39, 0.29) is 12.1 Å². The van der Waals surface area contributed by atoms with Crippen molar-refractivity contribution in [2.24, 2.45) is 0 Å². The lowest BCUT2D eigenvalue weighted by Gasteiger charge is -2.34. The molecule has 8 nitrogen and oxygen atoms in total. The van der Waals surface area contributed by atoms with Crippen LogP contribution in [0.3, 0.4) is 0 Å². The topological polar surface area (TPSA) is 87.4 Å². The van der Waals surface area contributed by atoms with Gasteiger partial charge in [0, 0.05) is 44.1 Å². The Balaban J connectivity index is 1.57. The second-order valence-corrected chi connectivity index (χ2v) is 6.44. The minimum Gasteiger partial charge on any atom is -0.361 e. The van der Waals surface area contributed by atoms with Gasteiger partial charge in [-0.3, -0.25) is 0 Å². The summed E-state index contributed by atoms with van der Waals surface area (Å²) in [5.41, 5.74) is 1.78. The Morgan fingerprint density at radius 3 is 2.84 bits per heavy atom. The standard InChI is InChI=1S/C17H24N6O2/c1-12-15(13(2)25-21-12)11-22(3)17(24)20-14-6-4-9-23(10-14)16-18-7-5-8-19-16/h5,7-8,14H,4,6,9-11H2,1-3H3,(H,20,24). The fourth-order valence-corrected chi connectivity index (χ4v) is 3.05. The van der Waals surface area contributed by atoms with Gasteiger partial charge in [-0.25, -0.2) is 14.8 Å². The Kier molecular flexibility index (Phi) is 5.16. The minimum absolute atomic E-state index is 0.0807. The molecule has 0 bridgehead atoms. The highest BCUT2D eigenvalue weighted by Gasteiger charge is 2.24. The van der Waals surface area contributed by atoms with E-state index < -0.39 is 0 Å². The number of hydrogen-bond donors (Lipinski definition) is 1. The average molecular weight is 344 g/mol. The van der Waals surface area contributed by atoms with Gasteiger partial charge in [-0.1, -0.05) is 5.16 Å². The van der Waals surface area contributed by atoms with Gasteiger partial charge in [0.05, 0.1) is 12.2 Å². The summed E-state index contributed by atoms with van der Waals surface area (Å²) in [6.07, 6.45) is 5.43. The van der Waals surface area contributed by atoms with Gasteiger partial charge in [-0.15, -0.1) is 0 Å². The van der Waals surface area contributed by atoms with Crippen LogP contribution in [0.15, 0.2) is 23.0 Å². The van der Waals surface area contributed by atoms with Crippen LogP contribution in [0.1, 0.15) is 29.9 Å². The van der Waals surface area contributed by atoms with Crippen molar-refractivity contribution in [1.82, 2.24) is 25.3 Å². The van der Waals surface area contributed by atoms with Gasteiger partial charge < -0.3 is 19.6 Å². The largest absolute Gasteiger partial charge is 0.361 e. The Bertz CT molecular complexity index is 698. The van der Waals surface area contributed by atoms with Crippen LogP contribution in [0.2, 0.25) is 0 Å². The smallest absolute Gasteiger partial charge is 0.317 e. The van der Waals surface area contributed by atoms with Crippen LogP contribution in [0.5, 0.6) is 0 Å². The van der Waals surface area contributed by atoms with E-state index in [0.29, 0.717) is 12.5 Å². The van der Waals surface area contributed by atoms with Crippen LogP contribution in [0.25, 0.3) is 0 Å². The first-order valence-electron chi connectivity index (χ1n) is 8.50. The molecule has 1 atom stereocenters. The van der Waals surface area contributed by atoms with Gasteiger partial charge in [0.25, 0.3) is 0 Å². The number of piperidine rings is 1. The molecule has 1 unspecified atom stereocenters. The summed E-state index contributed by atoms with van der Waals surface area (Å²) in [7, 11) is 1.78. The SMILES string of the molecule is Cc1noc(C)c1CN(C)C(=O)NC1CCCN(c2ncccn2)C1. The number of aryl methyl sites for hydroxylation is 2. The van der Waals surface area contributed by atoms with Crippen LogP contribution < -0.4 is 10.2 Å². The number of nitrogens with one attached hydrogen (secondary N) is 1. The summed E-state index contributed by atoms with van der Waals surface area (Å²) in [5.74, 6) is 1.47. The summed E-state index contributed by atoms with van der Waals surface area (Å²) in [6.45, 7) is 5.85. The van der Waals surface area contributed by atoms with Crippen LogP contribution >= 0.6 is 0 Å². The molecule has 0 aromatic carbocycles. The van der Waals surface area contributed by atoms with Crippen molar-refractivity contribution in [3.8, 4) is 0 Å². The van der Waals surface area contributed by atoms with E-state index in [4.69, 9.17) is 4.52 Å². The van der Waals surface area contributed by atoms with E-state index in [9.17, 15) is 4.79 Å². The maximum atomic E-state index is 12.5. The molecule has 0 saturated carbocycles. The summed E-state index contributed by atoms with van der Waals surface area (Å²) in [5, 5.41) is 7.04. The van der Waals surface area contributed by atoms with E-state index in [1.54, 1.807) is 30.4 Å². The molecule has 0 radical (unpaired) electrons. The summed E-state index contributed by atoms with van der Waals surface area (Å²) in [4.78, 5) is 24.9. The van der Waals surface area contributed by atoms with Gasteiger partial charge in [0.15, 0.2) is 0 Å². The van der Waals surface area contributed by atoms with Crippen molar-refractivity contribution < 1.29 is 9.32 Å². The van der Waals surface area contributed by atoms with E-state index in [1.807, 2.05) is 13.8 Å². The van der Waals surface area contributed by atoms with Gasteiger partial charge in [-0.05, 0) is 32.8 Å². The van der Waals surface area contributed by atoms with Crippen molar-refractivity contribution >= 4 is 12.0 Å². The molecular formula is C17H24N6O2. The summed E-state index contributed by atoms with van der Waals surface area (Å²) < 4.78 is 5.16. The van der Waals surface area contributed by atoms with E-state index in [0.717, 1.165) is 42.9 Å². The summed E-state index contributed by atoms with van der Waals surface area (Å²) >= 11 is 0. The summed E-state index contributed by atoms with van der Waals surface area (Å²) in [6, 6.07) is 1.79. The monoisotopic (exact) mass is 344 g/mol. The number of aromatic nitrogens is 3. The molecule has 1 aliphatic heterocycles. The molecule has 1 aliphatic rings. The van der Waals surface area contributed by atoms with Gasteiger partial charge in [0.2, 0.25) is 5.95 Å². The fraction of sp³-hybridized carbons (Fsp3) is 0.529. The van der Waals surface area contributed by atoms with Crippen LogP contribution in [-0.4, -0.2) is 52.2 Å². The predicted octanol–water partition coefficient (Wildman–Crippen LogP) is 1.89. The van der Waals surface area contributed by atoms with Crippen LogP contribution in [0, 0.1) is 13.8 Å². The molecule has 1 N–H and O–H groups in total. The molecule has 2 aromatic heterocycles. The van der Waals surface area contributed by atoms with Gasteiger partial charge in [-0.2, -0.15) is 0 Å². The van der Waals surface area contributed by atoms with E-state index in [2.05, 4.69) is 25.3 Å². The van der Waals surface area contributed by atoms with Crippen molar-refractivity contribution in [1.29, 1.82) is 0 Å². The zero-order chi connectivity index (χ0) is 17.8. The second kappa shape index (κ2) is 7.50. The first-order valence-corrected chi connectivity index (χ1v) is 8.50. The molecule has 8 heteroatoms. The third kappa shape index (κ3) is 4.07. The average Bonchev–Trinajstić information content (AvgIpc) is 2.94. The third-order valence-corrected chi connectivity index (χ3v) is 4.51. The molecular weight excluding hydrogens is 320 g/mol. The molecule has 0 aliphatic carbocycles. The lowest BCUT2D eigenvalue weighted by molar-refractivity contribution is 0.200. The van der Waals surface area contributed by atoms with Crippen molar-refractivity contribution in [3.63, 3.8) is 0 Å². The molecule has 25 heavy (non-hydrogen) atoms. The Hall–Kier alpha value is -2.64. The number of amides is 2. The highest BCUT2D eigenvalue weighted by atomic mass is 16.5. The Morgan fingerprint density at radius 1 is 1.40 bits per heavy atom. The predicted molar refractivity (Wildman–Crippen MR) is 93.2 cm³/mol. The molecule has 134 valence electrons. The van der Waals surface area contributed by atoms with Gasteiger partial charge in [0.1, 0.15) is 5.76 Å². The maximum absolute atomic E-state index is 12.5. The van der Waals surface area contributed by atoms with Crippen molar-refractivity contribution in [3.05, 3.63) is 35.5 Å². The van der Waals surface area contributed by atoms with Gasteiger partial charge >= 0.3 is 6.03 Å². The zero-order valence-corrected chi connectivity index (χ0v) is 14.9. The first-order chi connectivity index (χ1) is 12.0. The van der Waals surface area contributed by atoms with Crippen molar-refractivity contribution in [2.45, 2.75) is 39.3 Å². The number of nitrogens with zero attached hydrogens (tertiary/aromatic N) is 5. The van der Waals surface area contributed by atoms with E-state index >= 15 is 0 Å². The molecule has 0 spiro atoms. The number of hydrogen-bond acceptors (Lipinski definition) is 6. The molecule has 3 heterocycles. The number of urea groups is 1. The number of anilines is 1. The Morgan fingerprint density at radius 2 is 2.16 bits per heavy atom. The lowest BCUT2D eigenvalue weighted by Crippen LogP contribution is -2.51. The Labute approximate surface area is 147 Å². The molecule has 1 fully saturated rings. The minimum atomic E-state index is -0.0965. The van der Waals surface area contributed by atoms with E-state index in [1.165, 1.54) is 0 Å². The number of rotatable bonds is 4. The first kappa shape index (κ1) is 17.2. The quantitative estimate of drug-likeness (QED) is 0.911. The maximum Gasteiger partial charge on any atom is 0.317 e. The fourth-order valence-electron chi connectivity index (χ4n) is 3.05. The highest BCUT2D eigenvalue weighted by molar-refractivity contribution is 5.74. The highest BCUT2D eigenvalue weighted by Crippen LogP contribution is 2.17. The third-order valence-electron chi connectivity index (χ3n) is 4.51. The molecule has 2 amide bonds. The molecule has 1 saturated heterocycles.